The summed E-state index contributed by atoms with van der Waals surface area (Å²) in [5.41, 5.74) is 1.32. The second-order valence-corrected chi connectivity index (χ2v) is 4.30. The van der Waals surface area contributed by atoms with Gasteiger partial charge in [-0.2, -0.15) is 0 Å². The summed E-state index contributed by atoms with van der Waals surface area (Å²) in [6.45, 7) is 14.1. The van der Waals surface area contributed by atoms with Crippen LogP contribution in [0.15, 0.2) is 18.3 Å². The Bertz CT molecular complexity index is 313. The van der Waals surface area contributed by atoms with Gasteiger partial charge in [0, 0.05) is 32.4 Å². The first kappa shape index (κ1) is 15.0. The van der Waals surface area contributed by atoms with Crippen LogP contribution in [0.3, 0.4) is 0 Å². The number of anilines is 1. The number of hydrogen-bond acceptors (Lipinski definition) is 3. The maximum absolute atomic E-state index is 4.53. The summed E-state index contributed by atoms with van der Waals surface area (Å²) in [7, 11) is 0. The molecule has 2 heterocycles. The molecule has 0 spiro atoms. The Balaban J connectivity index is 0.000000771. The minimum Gasteiger partial charge on any atom is -0.354 e. The molecule has 1 aliphatic heterocycles. The molecule has 1 aliphatic rings. The van der Waals surface area contributed by atoms with Crippen LogP contribution in [0.4, 0.5) is 5.82 Å². The van der Waals surface area contributed by atoms with Gasteiger partial charge in [0.1, 0.15) is 5.82 Å². The van der Waals surface area contributed by atoms with E-state index in [0.29, 0.717) is 0 Å². The van der Waals surface area contributed by atoms with Crippen LogP contribution in [0.5, 0.6) is 0 Å². The topological polar surface area (TPSA) is 19.4 Å². The van der Waals surface area contributed by atoms with E-state index in [1.165, 1.54) is 5.56 Å². The Hall–Kier alpha value is -1.09. The quantitative estimate of drug-likeness (QED) is 0.821. The maximum Gasteiger partial charge on any atom is 0.128 e. The molecule has 0 unspecified atom stereocenters. The molecule has 3 heteroatoms. The predicted octanol–water partition coefficient (Wildman–Crippen LogP) is 2.81. The molecular formula is C15H27N3. The third-order valence-electron chi connectivity index (χ3n) is 3.36. The highest BCUT2D eigenvalue weighted by molar-refractivity contribution is 5.39. The van der Waals surface area contributed by atoms with Crippen LogP contribution in [0.2, 0.25) is 0 Å². The van der Waals surface area contributed by atoms with Crippen LogP contribution in [-0.2, 0) is 6.42 Å². The lowest BCUT2D eigenvalue weighted by atomic mass is 10.2. The zero-order chi connectivity index (χ0) is 13.4. The highest BCUT2D eigenvalue weighted by Crippen LogP contribution is 2.14. The summed E-state index contributed by atoms with van der Waals surface area (Å²) in [6.07, 6.45) is 3.07. The van der Waals surface area contributed by atoms with Crippen molar-refractivity contribution in [2.24, 2.45) is 0 Å². The van der Waals surface area contributed by atoms with E-state index in [1.54, 1.807) is 0 Å². The van der Waals surface area contributed by atoms with Crippen LogP contribution in [0, 0.1) is 0 Å². The molecule has 1 aromatic heterocycles. The van der Waals surface area contributed by atoms with Gasteiger partial charge in [-0.05, 0) is 24.6 Å². The number of piperazine rings is 1. The summed E-state index contributed by atoms with van der Waals surface area (Å²) >= 11 is 0. The van der Waals surface area contributed by atoms with Crippen molar-refractivity contribution in [2.75, 3.05) is 37.6 Å². The van der Waals surface area contributed by atoms with Crippen molar-refractivity contribution < 1.29 is 0 Å². The van der Waals surface area contributed by atoms with Gasteiger partial charge in [0.2, 0.25) is 0 Å². The summed E-state index contributed by atoms with van der Waals surface area (Å²) in [6, 6.07) is 4.34. The molecule has 1 fully saturated rings. The van der Waals surface area contributed by atoms with E-state index in [-0.39, 0.29) is 0 Å². The van der Waals surface area contributed by atoms with Crippen molar-refractivity contribution in [3.63, 3.8) is 0 Å². The molecule has 1 aromatic rings. The first-order chi connectivity index (χ1) is 8.83. The number of aryl methyl sites for hydroxylation is 1. The molecule has 102 valence electrons. The Morgan fingerprint density at radius 3 is 2.17 bits per heavy atom. The first-order valence-electron chi connectivity index (χ1n) is 7.25. The number of rotatable bonds is 3. The van der Waals surface area contributed by atoms with Crippen molar-refractivity contribution in [2.45, 2.75) is 34.1 Å². The molecule has 0 aliphatic carbocycles. The monoisotopic (exact) mass is 249 g/mol. The van der Waals surface area contributed by atoms with Crippen LogP contribution in [0.25, 0.3) is 0 Å². The molecule has 0 atom stereocenters. The van der Waals surface area contributed by atoms with E-state index in [0.717, 1.165) is 45.0 Å². The SMILES string of the molecule is CC.CCc1ccc(N2CCN(CC)CC2)nc1. The van der Waals surface area contributed by atoms with Crippen molar-refractivity contribution in [1.29, 1.82) is 0 Å². The summed E-state index contributed by atoms with van der Waals surface area (Å²) in [5, 5.41) is 0. The first-order valence-corrected chi connectivity index (χ1v) is 7.25. The average molecular weight is 249 g/mol. The Labute approximate surface area is 112 Å². The van der Waals surface area contributed by atoms with Gasteiger partial charge in [0.15, 0.2) is 0 Å². The van der Waals surface area contributed by atoms with Crippen molar-refractivity contribution in [3.8, 4) is 0 Å². The van der Waals surface area contributed by atoms with Gasteiger partial charge in [-0.15, -0.1) is 0 Å². The van der Waals surface area contributed by atoms with Gasteiger partial charge in [-0.25, -0.2) is 4.98 Å². The highest BCUT2D eigenvalue weighted by Gasteiger charge is 2.16. The molecule has 0 N–H and O–H groups in total. The van der Waals surface area contributed by atoms with E-state index in [1.807, 2.05) is 20.0 Å². The van der Waals surface area contributed by atoms with Crippen molar-refractivity contribution in [1.82, 2.24) is 9.88 Å². The Morgan fingerprint density at radius 1 is 1.06 bits per heavy atom. The molecule has 2 rings (SSSR count). The van der Waals surface area contributed by atoms with Crippen LogP contribution < -0.4 is 4.90 Å². The van der Waals surface area contributed by atoms with Crippen molar-refractivity contribution >= 4 is 5.82 Å². The van der Waals surface area contributed by atoms with Gasteiger partial charge >= 0.3 is 0 Å². The largest absolute Gasteiger partial charge is 0.354 e. The van der Waals surface area contributed by atoms with E-state index in [9.17, 15) is 0 Å². The fourth-order valence-electron chi connectivity index (χ4n) is 2.11. The minimum atomic E-state index is 1.07. The van der Waals surface area contributed by atoms with E-state index < -0.39 is 0 Å². The fraction of sp³-hybridized carbons (Fsp3) is 0.667. The van der Waals surface area contributed by atoms with E-state index in [4.69, 9.17) is 0 Å². The van der Waals surface area contributed by atoms with Crippen LogP contribution >= 0.6 is 0 Å². The van der Waals surface area contributed by atoms with Gasteiger partial charge in [-0.1, -0.05) is 33.8 Å². The number of aromatic nitrogens is 1. The molecule has 0 radical (unpaired) electrons. The minimum absolute atomic E-state index is 1.07. The van der Waals surface area contributed by atoms with Gasteiger partial charge < -0.3 is 9.80 Å². The van der Waals surface area contributed by atoms with E-state index >= 15 is 0 Å². The summed E-state index contributed by atoms with van der Waals surface area (Å²) in [4.78, 5) is 9.40. The molecule has 3 nitrogen and oxygen atoms in total. The zero-order valence-corrected chi connectivity index (χ0v) is 12.3. The van der Waals surface area contributed by atoms with Gasteiger partial charge in [0.05, 0.1) is 0 Å². The lowest BCUT2D eigenvalue weighted by molar-refractivity contribution is 0.270. The molecule has 18 heavy (non-hydrogen) atoms. The second kappa shape index (κ2) is 8.09. The third kappa shape index (κ3) is 3.98. The average Bonchev–Trinajstić information content (AvgIpc) is 2.49. The Kier molecular flexibility index (Phi) is 6.73. The standard InChI is InChI=1S/C13H21N3.C2H6/c1-3-12-5-6-13(14-11-12)16-9-7-15(4-2)8-10-16;1-2/h5-6,11H,3-4,7-10H2,1-2H3;1-2H3. The lowest BCUT2D eigenvalue weighted by Crippen LogP contribution is -2.46. The maximum atomic E-state index is 4.53. The van der Waals surface area contributed by atoms with Crippen LogP contribution in [0.1, 0.15) is 33.3 Å². The lowest BCUT2D eigenvalue weighted by Gasteiger charge is -2.34. The highest BCUT2D eigenvalue weighted by atomic mass is 15.3. The smallest absolute Gasteiger partial charge is 0.128 e. The molecule has 0 aromatic carbocycles. The van der Waals surface area contributed by atoms with Gasteiger partial charge in [-0.3, -0.25) is 0 Å². The molecule has 0 saturated carbocycles. The number of hydrogen-bond donors (Lipinski definition) is 0. The van der Waals surface area contributed by atoms with E-state index in [2.05, 4.69) is 40.8 Å². The summed E-state index contributed by atoms with van der Waals surface area (Å²) in [5.74, 6) is 1.13. The number of pyridine rings is 1. The van der Waals surface area contributed by atoms with Crippen molar-refractivity contribution in [3.05, 3.63) is 23.9 Å². The molecule has 0 amide bonds. The predicted molar refractivity (Wildman–Crippen MR) is 79.3 cm³/mol. The zero-order valence-electron chi connectivity index (χ0n) is 12.3. The number of nitrogens with zero attached hydrogens (tertiary/aromatic N) is 3. The second-order valence-electron chi connectivity index (χ2n) is 4.30. The number of likely N-dealkylation sites (N-methyl/N-ethyl adjacent to an activating group) is 1. The van der Waals surface area contributed by atoms with Crippen LogP contribution in [-0.4, -0.2) is 42.6 Å². The van der Waals surface area contributed by atoms with Gasteiger partial charge in [0.25, 0.3) is 0 Å². The summed E-state index contributed by atoms with van der Waals surface area (Å²) < 4.78 is 0. The third-order valence-corrected chi connectivity index (χ3v) is 3.36. The Morgan fingerprint density at radius 2 is 1.72 bits per heavy atom. The normalized spacial score (nSPS) is 16.1. The fourth-order valence-corrected chi connectivity index (χ4v) is 2.11. The molecular weight excluding hydrogens is 222 g/mol. The molecule has 1 saturated heterocycles. The molecule has 0 bridgehead atoms.